The van der Waals surface area contributed by atoms with Crippen molar-refractivity contribution in [3.05, 3.63) is 0 Å². The van der Waals surface area contributed by atoms with Crippen molar-refractivity contribution in [1.82, 2.24) is 4.90 Å². The largest absolute Gasteiger partial charge is 0.329 e. The van der Waals surface area contributed by atoms with E-state index < -0.39 is 0 Å². The highest BCUT2D eigenvalue weighted by Crippen LogP contribution is 2.37. The van der Waals surface area contributed by atoms with Crippen LogP contribution in [0.2, 0.25) is 0 Å². The molecule has 0 radical (unpaired) electrons. The first-order valence-electron chi connectivity index (χ1n) is 6.30. The van der Waals surface area contributed by atoms with E-state index in [0.29, 0.717) is 6.54 Å². The molecule has 1 aliphatic carbocycles. The number of rotatable bonds is 4. The van der Waals surface area contributed by atoms with Gasteiger partial charge in [0.15, 0.2) is 0 Å². The van der Waals surface area contributed by atoms with E-state index in [4.69, 9.17) is 5.26 Å². The van der Waals surface area contributed by atoms with Crippen LogP contribution in [-0.4, -0.2) is 23.9 Å². The maximum Gasteiger partial charge on any atom is 0.229 e. The van der Waals surface area contributed by atoms with Crippen LogP contribution in [0.4, 0.5) is 0 Å². The molecule has 0 aromatic heterocycles. The van der Waals surface area contributed by atoms with Crippen molar-refractivity contribution < 1.29 is 4.79 Å². The van der Waals surface area contributed by atoms with E-state index in [1.54, 1.807) is 4.90 Å². The van der Waals surface area contributed by atoms with E-state index in [0.717, 1.165) is 32.1 Å². The lowest BCUT2D eigenvalue weighted by atomic mass is 9.74. The molecule has 1 aliphatic rings. The summed E-state index contributed by atoms with van der Waals surface area (Å²) in [6, 6.07) is 2.09. The van der Waals surface area contributed by atoms with Gasteiger partial charge in [0.2, 0.25) is 5.91 Å². The van der Waals surface area contributed by atoms with Gasteiger partial charge < -0.3 is 4.90 Å². The molecule has 90 valence electrons. The molecular formula is C13H22N2O. The molecule has 0 bridgehead atoms. The van der Waals surface area contributed by atoms with Crippen molar-refractivity contribution in [2.45, 2.75) is 52.4 Å². The summed E-state index contributed by atoms with van der Waals surface area (Å²) in [6.45, 7) is 5.06. The summed E-state index contributed by atoms with van der Waals surface area (Å²) in [5.74, 6) is 0.190. The molecule has 0 N–H and O–H groups in total. The van der Waals surface area contributed by atoms with Crippen molar-refractivity contribution in [3.8, 4) is 6.07 Å². The topological polar surface area (TPSA) is 44.1 Å². The first-order valence-corrected chi connectivity index (χ1v) is 6.30. The van der Waals surface area contributed by atoms with Gasteiger partial charge in [0.05, 0.1) is 6.07 Å². The maximum absolute atomic E-state index is 12.4. The number of hydrogen-bond donors (Lipinski definition) is 0. The SMILES string of the molecule is CCCN(CC#N)C(=O)C1(C)CCCCC1. The second kappa shape index (κ2) is 5.89. The highest BCUT2D eigenvalue weighted by Gasteiger charge is 2.37. The third-order valence-corrected chi connectivity index (χ3v) is 3.52. The number of amides is 1. The highest BCUT2D eigenvalue weighted by atomic mass is 16.2. The van der Waals surface area contributed by atoms with Gasteiger partial charge in [0.1, 0.15) is 6.54 Å². The summed E-state index contributed by atoms with van der Waals surface area (Å²) < 4.78 is 0. The third-order valence-electron chi connectivity index (χ3n) is 3.52. The number of hydrogen-bond acceptors (Lipinski definition) is 2. The molecule has 1 saturated carbocycles. The van der Waals surface area contributed by atoms with Crippen LogP contribution >= 0.6 is 0 Å². The molecule has 0 spiro atoms. The van der Waals surface area contributed by atoms with Gasteiger partial charge >= 0.3 is 0 Å². The zero-order chi connectivity index (χ0) is 12.0. The maximum atomic E-state index is 12.4. The van der Waals surface area contributed by atoms with Crippen LogP contribution in [0.3, 0.4) is 0 Å². The standard InChI is InChI=1S/C13H22N2O/c1-3-10-15(11-9-14)12(16)13(2)7-5-4-6-8-13/h3-8,10-11H2,1-2H3. The third kappa shape index (κ3) is 2.98. The van der Waals surface area contributed by atoms with Crippen LogP contribution in [0, 0.1) is 16.7 Å². The van der Waals surface area contributed by atoms with Gasteiger partial charge in [-0.15, -0.1) is 0 Å². The average Bonchev–Trinajstić information content (AvgIpc) is 2.29. The van der Waals surface area contributed by atoms with E-state index in [-0.39, 0.29) is 17.9 Å². The highest BCUT2D eigenvalue weighted by molar-refractivity contribution is 5.82. The predicted molar refractivity (Wildman–Crippen MR) is 63.7 cm³/mol. The lowest BCUT2D eigenvalue weighted by Gasteiger charge is -2.36. The van der Waals surface area contributed by atoms with E-state index in [1.807, 2.05) is 6.92 Å². The molecule has 16 heavy (non-hydrogen) atoms. The van der Waals surface area contributed by atoms with Gasteiger partial charge in [-0.25, -0.2) is 0 Å². The molecule has 0 unspecified atom stereocenters. The lowest BCUT2D eigenvalue weighted by Crippen LogP contribution is -2.44. The summed E-state index contributed by atoms with van der Waals surface area (Å²) >= 11 is 0. The van der Waals surface area contributed by atoms with Crippen LogP contribution in [-0.2, 0) is 4.79 Å². The smallest absolute Gasteiger partial charge is 0.229 e. The molecule has 1 rings (SSSR count). The van der Waals surface area contributed by atoms with E-state index in [1.165, 1.54) is 6.42 Å². The average molecular weight is 222 g/mol. The quantitative estimate of drug-likeness (QED) is 0.686. The summed E-state index contributed by atoms with van der Waals surface area (Å²) in [4.78, 5) is 14.1. The van der Waals surface area contributed by atoms with Gasteiger partial charge in [0.25, 0.3) is 0 Å². The summed E-state index contributed by atoms with van der Waals surface area (Å²) in [5.41, 5.74) is -0.204. The zero-order valence-corrected chi connectivity index (χ0v) is 10.5. The fraction of sp³-hybridized carbons (Fsp3) is 0.846. The molecule has 0 atom stereocenters. The first kappa shape index (κ1) is 13.0. The summed E-state index contributed by atoms with van der Waals surface area (Å²) in [7, 11) is 0. The Morgan fingerprint density at radius 2 is 2.00 bits per heavy atom. The number of nitrogens with zero attached hydrogens (tertiary/aromatic N) is 2. The van der Waals surface area contributed by atoms with Crippen LogP contribution in [0.5, 0.6) is 0 Å². The Kier molecular flexibility index (Phi) is 4.79. The Morgan fingerprint density at radius 1 is 1.38 bits per heavy atom. The number of nitriles is 1. The number of carbonyl (C=O) groups is 1. The fourth-order valence-corrected chi connectivity index (χ4v) is 2.54. The fourth-order valence-electron chi connectivity index (χ4n) is 2.54. The normalized spacial score (nSPS) is 18.8. The Morgan fingerprint density at radius 3 is 2.50 bits per heavy atom. The summed E-state index contributed by atoms with van der Waals surface area (Å²) in [6.07, 6.45) is 6.43. The molecule has 0 heterocycles. The molecule has 0 aromatic carbocycles. The van der Waals surface area contributed by atoms with Crippen molar-refractivity contribution in [1.29, 1.82) is 5.26 Å². The van der Waals surface area contributed by atoms with Gasteiger partial charge in [-0.3, -0.25) is 4.79 Å². The molecule has 0 saturated heterocycles. The van der Waals surface area contributed by atoms with E-state index in [2.05, 4.69) is 13.0 Å². The molecule has 1 amide bonds. The van der Waals surface area contributed by atoms with Crippen LogP contribution in [0.15, 0.2) is 0 Å². The Labute approximate surface area is 98.4 Å². The van der Waals surface area contributed by atoms with E-state index >= 15 is 0 Å². The lowest BCUT2D eigenvalue weighted by molar-refractivity contribution is -0.142. The predicted octanol–water partition coefficient (Wildman–Crippen LogP) is 2.72. The van der Waals surface area contributed by atoms with Crippen molar-refractivity contribution in [2.75, 3.05) is 13.1 Å². The van der Waals surface area contributed by atoms with Crippen molar-refractivity contribution in [2.24, 2.45) is 5.41 Å². The monoisotopic (exact) mass is 222 g/mol. The summed E-state index contributed by atoms with van der Waals surface area (Å²) in [5, 5.41) is 8.75. The van der Waals surface area contributed by atoms with Crippen LogP contribution in [0.25, 0.3) is 0 Å². The van der Waals surface area contributed by atoms with Crippen molar-refractivity contribution in [3.63, 3.8) is 0 Å². The Balaban J connectivity index is 2.68. The van der Waals surface area contributed by atoms with Crippen LogP contribution in [0.1, 0.15) is 52.4 Å². The zero-order valence-electron chi connectivity index (χ0n) is 10.5. The van der Waals surface area contributed by atoms with Gasteiger partial charge in [0, 0.05) is 12.0 Å². The second-order valence-corrected chi connectivity index (χ2v) is 5.01. The van der Waals surface area contributed by atoms with Crippen molar-refractivity contribution >= 4 is 5.91 Å². The molecular weight excluding hydrogens is 200 g/mol. The van der Waals surface area contributed by atoms with Gasteiger partial charge in [-0.1, -0.05) is 33.1 Å². The molecule has 3 nitrogen and oxygen atoms in total. The Hall–Kier alpha value is -1.04. The van der Waals surface area contributed by atoms with Gasteiger partial charge in [-0.05, 0) is 19.3 Å². The second-order valence-electron chi connectivity index (χ2n) is 5.01. The minimum absolute atomic E-state index is 0.190. The molecule has 3 heteroatoms. The molecule has 0 aliphatic heterocycles. The van der Waals surface area contributed by atoms with Gasteiger partial charge in [-0.2, -0.15) is 5.26 Å². The minimum Gasteiger partial charge on any atom is -0.329 e. The van der Waals surface area contributed by atoms with E-state index in [9.17, 15) is 4.79 Å². The van der Waals surface area contributed by atoms with Crippen LogP contribution < -0.4 is 0 Å². The first-order chi connectivity index (χ1) is 7.64. The Bertz CT molecular complexity index is 274. The minimum atomic E-state index is -0.204. The molecule has 1 fully saturated rings. The molecule has 0 aromatic rings. The number of carbonyl (C=O) groups excluding carboxylic acids is 1.